The van der Waals surface area contributed by atoms with Crippen molar-refractivity contribution in [1.29, 1.82) is 0 Å². The average Bonchev–Trinajstić information content (AvgIpc) is 2.66. The van der Waals surface area contributed by atoms with Gasteiger partial charge in [-0.25, -0.2) is 0 Å². The van der Waals surface area contributed by atoms with E-state index in [4.69, 9.17) is 11.6 Å². The van der Waals surface area contributed by atoms with Gasteiger partial charge in [-0.15, -0.1) is 0 Å². The van der Waals surface area contributed by atoms with Crippen molar-refractivity contribution in [2.45, 2.75) is 38.3 Å². The third-order valence-electron chi connectivity index (χ3n) is 2.85. The van der Waals surface area contributed by atoms with Gasteiger partial charge >= 0.3 is 0 Å². The number of fused-ring (bicyclic) bond motifs is 1. The van der Waals surface area contributed by atoms with Crippen LogP contribution < -0.4 is 0 Å². The lowest BCUT2D eigenvalue weighted by Gasteiger charge is -2.04. The van der Waals surface area contributed by atoms with Crippen LogP contribution in [-0.4, -0.2) is 9.82 Å². The maximum atomic E-state index is 6.33. The van der Waals surface area contributed by atoms with Crippen molar-refractivity contribution in [3.8, 4) is 0 Å². The van der Waals surface area contributed by atoms with E-state index in [0.29, 0.717) is 5.25 Å². The van der Waals surface area contributed by atoms with E-state index in [1.807, 2.05) is 23.9 Å². The van der Waals surface area contributed by atoms with Crippen molar-refractivity contribution in [2.75, 3.05) is 0 Å². The summed E-state index contributed by atoms with van der Waals surface area (Å²) in [6.45, 7) is 7.61. The monoisotopic (exact) mass is 267 g/mol. The number of hydrogen-bond donors (Lipinski definition) is 0. The second kappa shape index (κ2) is 5.36. The van der Waals surface area contributed by atoms with Crippen LogP contribution in [0.4, 0.5) is 0 Å². The Morgan fingerprint density at radius 3 is 2.76 bits per heavy atom. The molecule has 1 heterocycles. The molecular weight excluding hydrogens is 250 g/mol. The first kappa shape index (κ1) is 12.8. The molecule has 92 valence electrons. The predicted octanol–water partition coefficient (Wildman–Crippen LogP) is 4.96. The van der Waals surface area contributed by atoms with E-state index in [1.54, 1.807) is 0 Å². The molecule has 0 aliphatic carbocycles. The summed E-state index contributed by atoms with van der Waals surface area (Å²) in [7, 11) is 0. The van der Waals surface area contributed by atoms with Crippen molar-refractivity contribution in [1.82, 2.24) is 4.57 Å². The second-order valence-corrected chi connectivity index (χ2v) is 6.41. The first-order valence-electron chi connectivity index (χ1n) is 6.01. The van der Waals surface area contributed by atoms with Crippen molar-refractivity contribution in [3.63, 3.8) is 0 Å². The Kier molecular flexibility index (Phi) is 4.05. The fourth-order valence-electron chi connectivity index (χ4n) is 2.02. The summed E-state index contributed by atoms with van der Waals surface area (Å²) in [5.74, 6) is 1.03. The molecule has 0 atom stereocenters. The number of halogens is 1. The fraction of sp³-hybridized carbons (Fsp3) is 0.429. The molecule has 17 heavy (non-hydrogen) atoms. The predicted molar refractivity (Wildman–Crippen MR) is 79.1 cm³/mol. The zero-order valence-electron chi connectivity index (χ0n) is 10.5. The molecule has 0 saturated heterocycles. The Balaban J connectivity index is 2.47. The fourth-order valence-corrected chi connectivity index (χ4v) is 3.04. The number of benzene rings is 1. The summed E-state index contributed by atoms with van der Waals surface area (Å²) in [5, 5.41) is 2.75. The van der Waals surface area contributed by atoms with Gasteiger partial charge in [-0.2, -0.15) is 11.8 Å². The molecule has 0 spiro atoms. The average molecular weight is 268 g/mol. The molecule has 2 aromatic rings. The largest absolute Gasteiger partial charge is 0.347 e. The zero-order valence-corrected chi connectivity index (χ0v) is 12.1. The van der Waals surface area contributed by atoms with Gasteiger partial charge < -0.3 is 4.57 Å². The van der Waals surface area contributed by atoms with Crippen molar-refractivity contribution in [2.24, 2.45) is 0 Å². The van der Waals surface area contributed by atoms with Crippen LogP contribution in [0.1, 0.15) is 26.3 Å². The van der Waals surface area contributed by atoms with Crippen molar-refractivity contribution < 1.29 is 0 Å². The van der Waals surface area contributed by atoms with E-state index in [2.05, 4.69) is 37.6 Å². The molecule has 0 fully saturated rings. The zero-order chi connectivity index (χ0) is 12.4. The third-order valence-corrected chi connectivity index (χ3v) is 4.31. The smallest absolute Gasteiger partial charge is 0.0502 e. The quantitative estimate of drug-likeness (QED) is 0.758. The summed E-state index contributed by atoms with van der Waals surface area (Å²) >= 11 is 8.28. The highest BCUT2D eigenvalue weighted by Gasteiger charge is 2.11. The molecule has 1 aromatic carbocycles. The second-order valence-electron chi connectivity index (χ2n) is 4.43. The van der Waals surface area contributed by atoms with Crippen LogP contribution in [0.3, 0.4) is 0 Å². The Labute approximate surface area is 112 Å². The molecule has 3 heteroatoms. The Morgan fingerprint density at radius 2 is 2.12 bits per heavy atom. The molecule has 0 radical (unpaired) electrons. The van der Waals surface area contributed by atoms with Gasteiger partial charge in [0.05, 0.1) is 5.02 Å². The highest BCUT2D eigenvalue weighted by Crippen LogP contribution is 2.31. The first-order chi connectivity index (χ1) is 8.13. The van der Waals surface area contributed by atoms with Gasteiger partial charge in [-0.1, -0.05) is 31.5 Å². The standard InChI is InChI=1S/C14H18ClNS/c1-4-16-8-11(9-17-10(2)3)14-12(15)6-5-7-13(14)16/h5-8,10H,4,9H2,1-3H3. The van der Waals surface area contributed by atoms with E-state index in [9.17, 15) is 0 Å². The maximum absolute atomic E-state index is 6.33. The van der Waals surface area contributed by atoms with E-state index < -0.39 is 0 Å². The molecular formula is C14H18ClNS. The lowest BCUT2D eigenvalue weighted by Crippen LogP contribution is -1.90. The molecule has 0 amide bonds. The summed E-state index contributed by atoms with van der Waals surface area (Å²) in [4.78, 5) is 0. The molecule has 0 N–H and O–H groups in total. The highest BCUT2D eigenvalue weighted by molar-refractivity contribution is 7.99. The number of hydrogen-bond acceptors (Lipinski definition) is 1. The van der Waals surface area contributed by atoms with E-state index in [-0.39, 0.29) is 0 Å². The number of rotatable bonds is 4. The normalized spacial score (nSPS) is 11.6. The molecule has 0 bridgehead atoms. The van der Waals surface area contributed by atoms with Gasteiger partial charge in [0.1, 0.15) is 0 Å². The summed E-state index contributed by atoms with van der Waals surface area (Å²) in [5.41, 5.74) is 2.60. The topological polar surface area (TPSA) is 4.93 Å². The summed E-state index contributed by atoms with van der Waals surface area (Å²) < 4.78 is 2.28. The van der Waals surface area contributed by atoms with Crippen LogP contribution in [-0.2, 0) is 12.3 Å². The SMILES string of the molecule is CCn1cc(CSC(C)C)c2c(Cl)cccc21. The Hall–Kier alpha value is -0.600. The minimum absolute atomic E-state index is 0.650. The van der Waals surface area contributed by atoms with Crippen molar-refractivity contribution >= 4 is 34.3 Å². The lowest BCUT2D eigenvalue weighted by atomic mass is 10.2. The lowest BCUT2D eigenvalue weighted by molar-refractivity contribution is 0.795. The van der Waals surface area contributed by atoms with Crippen LogP contribution in [0.5, 0.6) is 0 Å². The molecule has 0 aliphatic heterocycles. The first-order valence-corrected chi connectivity index (χ1v) is 7.44. The van der Waals surface area contributed by atoms with Gasteiger partial charge in [-0.05, 0) is 29.9 Å². The molecule has 1 nitrogen and oxygen atoms in total. The number of nitrogens with zero attached hydrogens (tertiary/aromatic N) is 1. The van der Waals surface area contributed by atoms with Crippen LogP contribution in [0, 0.1) is 0 Å². The van der Waals surface area contributed by atoms with Crippen molar-refractivity contribution in [3.05, 3.63) is 35.0 Å². The molecule has 0 unspecified atom stereocenters. The molecule has 0 saturated carbocycles. The third kappa shape index (κ3) is 2.63. The minimum atomic E-state index is 0.650. The number of aromatic nitrogens is 1. The van der Waals surface area contributed by atoms with Gasteiger partial charge in [0.2, 0.25) is 0 Å². The van der Waals surface area contributed by atoms with Crippen LogP contribution >= 0.6 is 23.4 Å². The summed E-state index contributed by atoms with van der Waals surface area (Å²) in [6.07, 6.45) is 2.24. The van der Waals surface area contributed by atoms with Gasteiger partial charge in [-0.3, -0.25) is 0 Å². The van der Waals surface area contributed by atoms with Gasteiger partial charge in [0.15, 0.2) is 0 Å². The molecule has 0 aliphatic rings. The van der Waals surface area contributed by atoms with Crippen LogP contribution in [0.15, 0.2) is 24.4 Å². The summed E-state index contributed by atoms with van der Waals surface area (Å²) in [6, 6.07) is 6.15. The Bertz CT molecular complexity index is 516. The number of aryl methyl sites for hydroxylation is 1. The Morgan fingerprint density at radius 1 is 1.35 bits per heavy atom. The highest BCUT2D eigenvalue weighted by atomic mass is 35.5. The van der Waals surface area contributed by atoms with Gasteiger partial charge in [0, 0.05) is 29.4 Å². The van der Waals surface area contributed by atoms with E-state index >= 15 is 0 Å². The van der Waals surface area contributed by atoms with E-state index in [0.717, 1.165) is 17.3 Å². The van der Waals surface area contributed by atoms with Gasteiger partial charge in [0.25, 0.3) is 0 Å². The maximum Gasteiger partial charge on any atom is 0.0502 e. The molecule has 2 rings (SSSR count). The van der Waals surface area contributed by atoms with Crippen LogP contribution in [0.2, 0.25) is 5.02 Å². The molecule has 1 aromatic heterocycles. The minimum Gasteiger partial charge on any atom is -0.347 e. The number of thioether (sulfide) groups is 1. The van der Waals surface area contributed by atoms with Crippen LogP contribution in [0.25, 0.3) is 10.9 Å². The van der Waals surface area contributed by atoms with E-state index in [1.165, 1.54) is 16.5 Å².